The van der Waals surface area contributed by atoms with Gasteiger partial charge in [0, 0.05) is 17.9 Å². The van der Waals surface area contributed by atoms with Crippen LogP contribution in [0.1, 0.15) is 49.4 Å². The van der Waals surface area contributed by atoms with E-state index in [9.17, 15) is 4.79 Å². The first-order valence-electron chi connectivity index (χ1n) is 6.06. The van der Waals surface area contributed by atoms with Gasteiger partial charge in [-0.1, -0.05) is 19.3 Å². The van der Waals surface area contributed by atoms with Crippen LogP contribution in [0.5, 0.6) is 0 Å². The number of carbonyl (C=O) groups is 1. The molecule has 0 aliphatic heterocycles. The number of carboxylic acid groups (broad SMARTS) is 1. The summed E-state index contributed by atoms with van der Waals surface area (Å²) in [5.74, 6) is -0.931. The highest BCUT2D eigenvalue weighted by molar-refractivity contribution is 5.93. The van der Waals surface area contributed by atoms with E-state index in [-0.39, 0.29) is 11.1 Å². The molecule has 0 atom stereocenters. The molecule has 0 radical (unpaired) electrons. The number of anilines is 1. The standard InChI is InChI=1S/C13H18N2O2/c1-13(6-3-2-4-7-13)15-11-5-8-14-9-10(11)12(16)17/h5,8-9H,2-4,6-7H2,1H3,(H,14,15)(H,16,17). The molecule has 17 heavy (non-hydrogen) atoms. The number of aromatic carboxylic acids is 1. The SMILES string of the molecule is CC1(Nc2ccncc2C(=O)O)CCCCC1. The van der Waals surface area contributed by atoms with Crippen molar-refractivity contribution >= 4 is 11.7 Å². The molecule has 0 aromatic carbocycles. The molecular weight excluding hydrogens is 216 g/mol. The molecule has 0 spiro atoms. The Balaban J connectivity index is 2.20. The molecule has 0 unspecified atom stereocenters. The van der Waals surface area contributed by atoms with Crippen molar-refractivity contribution in [3.63, 3.8) is 0 Å². The number of nitrogens with one attached hydrogen (secondary N) is 1. The molecule has 0 bridgehead atoms. The third-order valence-corrected chi connectivity index (χ3v) is 3.45. The maximum absolute atomic E-state index is 11.1. The Hall–Kier alpha value is -1.58. The van der Waals surface area contributed by atoms with Crippen LogP contribution in [0, 0.1) is 0 Å². The molecule has 1 aromatic rings. The van der Waals surface area contributed by atoms with Gasteiger partial charge < -0.3 is 10.4 Å². The maximum atomic E-state index is 11.1. The van der Waals surface area contributed by atoms with Crippen molar-refractivity contribution < 1.29 is 9.90 Å². The van der Waals surface area contributed by atoms with Crippen molar-refractivity contribution in [1.82, 2.24) is 4.98 Å². The highest BCUT2D eigenvalue weighted by atomic mass is 16.4. The number of hydrogen-bond acceptors (Lipinski definition) is 3. The van der Waals surface area contributed by atoms with Crippen molar-refractivity contribution in [1.29, 1.82) is 0 Å². The summed E-state index contributed by atoms with van der Waals surface area (Å²) in [6.45, 7) is 2.16. The molecule has 0 saturated heterocycles. The molecule has 1 aromatic heterocycles. The van der Waals surface area contributed by atoms with E-state index in [1.54, 1.807) is 12.3 Å². The second-order valence-electron chi connectivity index (χ2n) is 4.97. The summed E-state index contributed by atoms with van der Waals surface area (Å²) >= 11 is 0. The van der Waals surface area contributed by atoms with E-state index < -0.39 is 5.97 Å². The molecule has 1 heterocycles. The second kappa shape index (κ2) is 4.73. The second-order valence-corrected chi connectivity index (χ2v) is 4.97. The summed E-state index contributed by atoms with van der Waals surface area (Å²) in [6, 6.07) is 1.74. The summed E-state index contributed by atoms with van der Waals surface area (Å²) in [5, 5.41) is 12.5. The van der Waals surface area contributed by atoms with Gasteiger partial charge in [0.15, 0.2) is 0 Å². The highest BCUT2D eigenvalue weighted by Gasteiger charge is 2.27. The van der Waals surface area contributed by atoms with Gasteiger partial charge in [-0.3, -0.25) is 4.98 Å². The Morgan fingerprint density at radius 2 is 2.12 bits per heavy atom. The zero-order valence-corrected chi connectivity index (χ0v) is 10.1. The minimum absolute atomic E-state index is 0.0177. The van der Waals surface area contributed by atoms with Crippen LogP contribution in [0.15, 0.2) is 18.5 Å². The average Bonchev–Trinajstić information content (AvgIpc) is 2.29. The Bertz CT molecular complexity index is 412. The largest absolute Gasteiger partial charge is 0.478 e. The van der Waals surface area contributed by atoms with Gasteiger partial charge in [-0.25, -0.2) is 4.79 Å². The van der Waals surface area contributed by atoms with Crippen molar-refractivity contribution in [2.45, 2.75) is 44.6 Å². The minimum Gasteiger partial charge on any atom is -0.478 e. The third-order valence-electron chi connectivity index (χ3n) is 3.45. The van der Waals surface area contributed by atoms with Crippen molar-refractivity contribution in [2.75, 3.05) is 5.32 Å². The molecule has 2 N–H and O–H groups in total. The summed E-state index contributed by atoms with van der Waals surface area (Å²) in [4.78, 5) is 14.9. The zero-order chi connectivity index (χ0) is 12.3. The van der Waals surface area contributed by atoms with E-state index in [2.05, 4.69) is 17.2 Å². The van der Waals surface area contributed by atoms with Crippen LogP contribution in [-0.4, -0.2) is 21.6 Å². The van der Waals surface area contributed by atoms with Crippen molar-refractivity contribution in [3.8, 4) is 0 Å². The Morgan fingerprint density at radius 3 is 2.76 bits per heavy atom. The van der Waals surface area contributed by atoms with Gasteiger partial charge in [0.2, 0.25) is 0 Å². The van der Waals surface area contributed by atoms with Crippen molar-refractivity contribution in [3.05, 3.63) is 24.0 Å². The van der Waals surface area contributed by atoms with Gasteiger partial charge in [-0.15, -0.1) is 0 Å². The Kier molecular flexibility index (Phi) is 3.31. The molecule has 1 fully saturated rings. The first-order valence-corrected chi connectivity index (χ1v) is 6.06. The predicted octanol–water partition coefficient (Wildman–Crippen LogP) is 2.91. The summed E-state index contributed by atoms with van der Waals surface area (Å²) < 4.78 is 0. The topological polar surface area (TPSA) is 62.2 Å². The van der Waals surface area contributed by atoms with Gasteiger partial charge in [0.1, 0.15) is 5.56 Å². The lowest BCUT2D eigenvalue weighted by atomic mass is 9.83. The van der Waals surface area contributed by atoms with Crippen LogP contribution < -0.4 is 5.32 Å². The van der Waals surface area contributed by atoms with Crippen LogP contribution in [0.4, 0.5) is 5.69 Å². The molecule has 92 valence electrons. The Labute approximate surface area is 101 Å². The van der Waals surface area contributed by atoms with Crippen LogP contribution in [0.3, 0.4) is 0 Å². The average molecular weight is 234 g/mol. The predicted molar refractivity (Wildman–Crippen MR) is 66.3 cm³/mol. The van der Waals surface area contributed by atoms with Crippen LogP contribution >= 0.6 is 0 Å². The molecule has 4 nitrogen and oxygen atoms in total. The van der Waals surface area contributed by atoms with E-state index in [0.717, 1.165) is 12.8 Å². The third kappa shape index (κ3) is 2.75. The lowest BCUT2D eigenvalue weighted by molar-refractivity contribution is 0.0697. The number of carboxylic acids is 1. The van der Waals surface area contributed by atoms with Gasteiger partial charge >= 0.3 is 5.97 Å². The minimum atomic E-state index is -0.931. The van der Waals surface area contributed by atoms with E-state index in [4.69, 9.17) is 5.11 Å². The van der Waals surface area contributed by atoms with E-state index in [1.807, 2.05) is 0 Å². The van der Waals surface area contributed by atoms with E-state index in [0.29, 0.717) is 5.69 Å². The number of aromatic nitrogens is 1. The smallest absolute Gasteiger partial charge is 0.339 e. The van der Waals surface area contributed by atoms with Crippen LogP contribution in [0.25, 0.3) is 0 Å². The zero-order valence-electron chi connectivity index (χ0n) is 10.1. The van der Waals surface area contributed by atoms with Gasteiger partial charge in [-0.2, -0.15) is 0 Å². The van der Waals surface area contributed by atoms with E-state index in [1.165, 1.54) is 25.5 Å². The van der Waals surface area contributed by atoms with Gasteiger partial charge in [0.05, 0.1) is 5.69 Å². The molecule has 1 aliphatic rings. The molecule has 4 heteroatoms. The molecular formula is C13H18N2O2. The van der Waals surface area contributed by atoms with E-state index >= 15 is 0 Å². The lowest BCUT2D eigenvalue weighted by Crippen LogP contribution is -2.37. The fourth-order valence-corrected chi connectivity index (χ4v) is 2.46. The molecule has 1 aliphatic carbocycles. The highest BCUT2D eigenvalue weighted by Crippen LogP contribution is 2.32. The quantitative estimate of drug-likeness (QED) is 0.844. The fraction of sp³-hybridized carbons (Fsp3) is 0.538. The summed E-state index contributed by atoms with van der Waals surface area (Å²) in [7, 11) is 0. The number of rotatable bonds is 3. The first-order chi connectivity index (χ1) is 8.11. The molecule has 0 amide bonds. The number of pyridine rings is 1. The van der Waals surface area contributed by atoms with Crippen LogP contribution in [-0.2, 0) is 0 Å². The number of nitrogens with zero attached hydrogens (tertiary/aromatic N) is 1. The Morgan fingerprint density at radius 1 is 1.41 bits per heavy atom. The van der Waals surface area contributed by atoms with Crippen LogP contribution in [0.2, 0.25) is 0 Å². The fourth-order valence-electron chi connectivity index (χ4n) is 2.46. The number of hydrogen-bond donors (Lipinski definition) is 2. The molecule has 2 rings (SSSR count). The van der Waals surface area contributed by atoms with Gasteiger partial charge in [-0.05, 0) is 25.8 Å². The normalized spacial score (nSPS) is 18.6. The van der Waals surface area contributed by atoms with Gasteiger partial charge in [0.25, 0.3) is 0 Å². The monoisotopic (exact) mass is 234 g/mol. The summed E-state index contributed by atoms with van der Waals surface area (Å²) in [5.41, 5.74) is 0.945. The lowest BCUT2D eigenvalue weighted by Gasteiger charge is -2.35. The molecule has 1 saturated carbocycles. The van der Waals surface area contributed by atoms with Crippen molar-refractivity contribution in [2.24, 2.45) is 0 Å². The maximum Gasteiger partial charge on any atom is 0.339 e. The first kappa shape index (κ1) is 11.9. The summed E-state index contributed by atoms with van der Waals surface area (Å²) in [6.07, 6.45) is 8.90.